The molecule has 0 aliphatic carbocycles. The van der Waals surface area contributed by atoms with Crippen molar-refractivity contribution in [1.82, 2.24) is 10.6 Å². The molecule has 0 fully saturated rings. The van der Waals surface area contributed by atoms with Crippen LogP contribution in [-0.2, 0) is 9.59 Å². The molecule has 2 amide bonds. The quantitative estimate of drug-likeness (QED) is 0.809. The molecule has 1 heterocycles. The van der Waals surface area contributed by atoms with Crippen LogP contribution in [0.2, 0.25) is 0 Å². The molecule has 24 heavy (non-hydrogen) atoms. The lowest BCUT2D eigenvalue weighted by Crippen LogP contribution is -2.33. The van der Waals surface area contributed by atoms with E-state index in [1.807, 2.05) is 48.7 Å². The molecule has 128 valence electrons. The van der Waals surface area contributed by atoms with Crippen molar-refractivity contribution in [1.29, 1.82) is 0 Å². The largest absolute Gasteiger partial charge is 0.496 e. The highest BCUT2D eigenvalue weighted by atomic mass is 32.1. The number of amides is 2. The lowest BCUT2D eigenvalue weighted by atomic mass is 10.1. The third-order valence-electron chi connectivity index (χ3n) is 3.64. The topological polar surface area (TPSA) is 67.4 Å². The van der Waals surface area contributed by atoms with E-state index in [9.17, 15) is 9.59 Å². The van der Waals surface area contributed by atoms with Crippen LogP contribution < -0.4 is 15.4 Å². The van der Waals surface area contributed by atoms with Gasteiger partial charge in [0.15, 0.2) is 0 Å². The maximum atomic E-state index is 12.4. The molecule has 0 spiro atoms. The van der Waals surface area contributed by atoms with Gasteiger partial charge < -0.3 is 15.4 Å². The number of benzene rings is 1. The summed E-state index contributed by atoms with van der Waals surface area (Å²) in [5.74, 6) is 0.460. The number of thiophene rings is 1. The number of carbonyl (C=O) groups is 2. The molecular weight excluding hydrogens is 324 g/mol. The van der Waals surface area contributed by atoms with Gasteiger partial charge in [-0.05, 0) is 24.4 Å². The highest BCUT2D eigenvalue weighted by Crippen LogP contribution is 2.26. The maximum Gasteiger partial charge on any atom is 0.222 e. The lowest BCUT2D eigenvalue weighted by molar-refractivity contribution is -0.123. The molecule has 2 unspecified atom stereocenters. The predicted molar refractivity (Wildman–Crippen MR) is 95.0 cm³/mol. The van der Waals surface area contributed by atoms with E-state index in [1.54, 1.807) is 7.11 Å². The predicted octanol–water partition coefficient (Wildman–Crippen LogP) is 3.20. The number of methoxy groups -OCH3 is 1. The molecule has 2 atom stereocenters. The number of nitrogens with one attached hydrogen (secondary N) is 2. The van der Waals surface area contributed by atoms with E-state index >= 15 is 0 Å². The van der Waals surface area contributed by atoms with Crippen molar-refractivity contribution in [3.63, 3.8) is 0 Å². The van der Waals surface area contributed by atoms with Crippen molar-refractivity contribution in [3.8, 4) is 5.75 Å². The highest BCUT2D eigenvalue weighted by molar-refractivity contribution is 7.10. The van der Waals surface area contributed by atoms with Gasteiger partial charge in [-0.3, -0.25) is 9.59 Å². The second kappa shape index (κ2) is 8.49. The van der Waals surface area contributed by atoms with Gasteiger partial charge in [0.1, 0.15) is 5.75 Å². The van der Waals surface area contributed by atoms with Crippen LogP contribution in [0.4, 0.5) is 0 Å². The van der Waals surface area contributed by atoms with Gasteiger partial charge in [-0.25, -0.2) is 0 Å². The van der Waals surface area contributed by atoms with Gasteiger partial charge in [0.25, 0.3) is 0 Å². The van der Waals surface area contributed by atoms with Crippen LogP contribution in [0.3, 0.4) is 0 Å². The fourth-order valence-corrected chi connectivity index (χ4v) is 3.32. The number of hydrogen-bond donors (Lipinski definition) is 2. The molecule has 0 bridgehead atoms. The molecule has 2 rings (SSSR count). The number of ether oxygens (including phenoxy) is 1. The lowest BCUT2D eigenvalue weighted by Gasteiger charge is -2.20. The Bertz CT molecular complexity index is 685. The zero-order chi connectivity index (χ0) is 17.5. The van der Waals surface area contributed by atoms with Crippen LogP contribution in [-0.4, -0.2) is 18.9 Å². The number of carbonyl (C=O) groups excluding carboxylic acids is 2. The fraction of sp³-hybridized carbons (Fsp3) is 0.333. The summed E-state index contributed by atoms with van der Waals surface area (Å²) < 4.78 is 5.33. The average Bonchev–Trinajstić information content (AvgIpc) is 3.08. The van der Waals surface area contributed by atoms with E-state index in [0.29, 0.717) is 0 Å². The summed E-state index contributed by atoms with van der Waals surface area (Å²) in [5, 5.41) is 7.74. The molecule has 0 aliphatic rings. The second-order valence-corrected chi connectivity index (χ2v) is 6.48. The normalized spacial score (nSPS) is 13.0. The van der Waals surface area contributed by atoms with E-state index in [1.165, 1.54) is 18.3 Å². The fourth-order valence-electron chi connectivity index (χ4n) is 2.55. The third-order valence-corrected chi connectivity index (χ3v) is 4.62. The minimum Gasteiger partial charge on any atom is -0.496 e. The zero-order valence-corrected chi connectivity index (χ0v) is 14.9. The summed E-state index contributed by atoms with van der Waals surface area (Å²) in [4.78, 5) is 24.8. The minimum absolute atomic E-state index is 0.124. The Balaban J connectivity index is 2.03. The van der Waals surface area contributed by atoms with Crippen LogP contribution >= 0.6 is 11.3 Å². The van der Waals surface area contributed by atoms with Crippen LogP contribution in [0.1, 0.15) is 42.8 Å². The van der Waals surface area contributed by atoms with Gasteiger partial charge in [0.2, 0.25) is 11.8 Å². The first-order valence-electron chi connectivity index (χ1n) is 7.74. The highest BCUT2D eigenvalue weighted by Gasteiger charge is 2.20. The Kier molecular flexibility index (Phi) is 6.37. The van der Waals surface area contributed by atoms with E-state index in [2.05, 4.69) is 10.6 Å². The summed E-state index contributed by atoms with van der Waals surface area (Å²) >= 11 is 1.52. The maximum absolute atomic E-state index is 12.4. The molecule has 2 aromatic rings. The van der Waals surface area contributed by atoms with E-state index < -0.39 is 0 Å². The molecule has 0 saturated carbocycles. The van der Waals surface area contributed by atoms with Crippen molar-refractivity contribution in [3.05, 3.63) is 52.2 Å². The average molecular weight is 346 g/mol. The number of hydrogen-bond acceptors (Lipinski definition) is 4. The monoisotopic (exact) mass is 346 g/mol. The molecule has 1 aromatic carbocycles. The van der Waals surface area contributed by atoms with E-state index in [-0.39, 0.29) is 30.3 Å². The Labute approximate surface area is 146 Å². The second-order valence-electron chi connectivity index (χ2n) is 5.50. The van der Waals surface area contributed by atoms with Crippen molar-refractivity contribution < 1.29 is 14.3 Å². The summed E-state index contributed by atoms with van der Waals surface area (Å²) in [6.45, 7) is 3.37. The molecule has 5 nitrogen and oxygen atoms in total. The molecule has 0 aliphatic heterocycles. The summed E-state index contributed by atoms with van der Waals surface area (Å²) in [6.07, 6.45) is 0.194. The van der Waals surface area contributed by atoms with Crippen LogP contribution in [0.15, 0.2) is 41.8 Å². The Hall–Kier alpha value is -2.34. The minimum atomic E-state index is -0.313. The smallest absolute Gasteiger partial charge is 0.222 e. The molecule has 0 saturated heterocycles. The van der Waals surface area contributed by atoms with E-state index in [4.69, 9.17) is 4.74 Å². The first-order chi connectivity index (χ1) is 11.5. The van der Waals surface area contributed by atoms with Gasteiger partial charge in [0.05, 0.1) is 25.6 Å². The molecular formula is C18H22N2O3S. The van der Waals surface area contributed by atoms with Gasteiger partial charge in [0, 0.05) is 17.4 Å². The Morgan fingerprint density at radius 3 is 2.54 bits per heavy atom. The molecule has 2 N–H and O–H groups in total. The van der Waals surface area contributed by atoms with Gasteiger partial charge in [-0.1, -0.05) is 24.3 Å². The van der Waals surface area contributed by atoms with Gasteiger partial charge in [-0.2, -0.15) is 0 Å². The van der Waals surface area contributed by atoms with Crippen molar-refractivity contribution in [2.45, 2.75) is 32.4 Å². The van der Waals surface area contributed by atoms with Crippen molar-refractivity contribution in [2.75, 3.05) is 7.11 Å². The standard InChI is InChI=1S/C18H22N2O3S/c1-12(14-7-4-5-8-16(14)23-3)19-18(22)11-15(20-13(2)21)17-9-6-10-24-17/h4-10,12,15H,11H2,1-3H3,(H,19,22)(H,20,21). The SMILES string of the molecule is COc1ccccc1C(C)NC(=O)CC(NC(C)=O)c1cccs1. The molecule has 1 aromatic heterocycles. The van der Waals surface area contributed by atoms with Crippen LogP contribution in [0, 0.1) is 0 Å². The number of para-hydroxylation sites is 1. The zero-order valence-electron chi connectivity index (χ0n) is 14.0. The Morgan fingerprint density at radius 1 is 1.17 bits per heavy atom. The van der Waals surface area contributed by atoms with Crippen LogP contribution in [0.5, 0.6) is 5.75 Å². The third kappa shape index (κ3) is 4.83. The first kappa shape index (κ1) is 18.0. The van der Waals surface area contributed by atoms with E-state index in [0.717, 1.165) is 16.2 Å². The van der Waals surface area contributed by atoms with Gasteiger partial charge >= 0.3 is 0 Å². The van der Waals surface area contributed by atoms with Crippen LogP contribution in [0.25, 0.3) is 0 Å². The van der Waals surface area contributed by atoms with Crippen molar-refractivity contribution in [2.24, 2.45) is 0 Å². The summed E-state index contributed by atoms with van der Waals surface area (Å²) in [5.41, 5.74) is 0.917. The van der Waals surface area contributed by atoms with Crippen molar-refractivity contribution >= 4 is 23.2 Å². The Morgan fingerprint density at radius 2 is 1.92 bits per heavy atom. The summed E-state index contributed by atoms with van der Waals surface area (Å²) in [6, 6.07) is 10.9. The molecule has 0 radical (unpaired) electrons. The van der Waals surface area contributed by atoms with Gasteiger partial charge in [-0.15, -0.1) is 11.3 Å². The molecule has 6 heteroatoms. The first-order valence-corrected chi connectivity index (χ1v) is 8.62. The number of rotatable bonds is 7. The summed E-state index contributed by atoms with van der Waals surface area (Å²) in [7, 11) is 1.61.